The number of pyridine rings is 1. The molecule has 0 atom stereocenters. The van der Waals surface area contributed by atoms with Crippen LogP contribution in [0.4, 0.5) is 5.69 Å². The Kier molecular flexibility index (Phi) is 4.06. The number of nitrogens with one attached hydrogen (secondary N) is 1. The molecule has 1 heterocycles. The number of fused-ring (bicyclic) bond motifs is 1. The molecule has 0 aliphatic carbocycles. The van der Waals surface area contributed by atoms with E-state index < -0.39 is 0 Å². The van der Waals surface area contributed by atoms with Crippen molar-refractivity contribution in [2.75, 3.05) is 12.4 Å². The fourth-order valence-corrected chi connectivity index (χ4v) is 2.66. The molecule has 0 aliphatic heterocycles. The zero-order valence-corrected chi connectivity index (χ0v) is 13.2. The Morgan fingerprint density at radius 3 is 2.86 bits per heavy atom. The fraction of sp³-hybridized carbons (Fsp3) is 0.118. The Bertz CT molecular complexity index is 774. The Balaban J connectivity index is 1.81. The maximum absolute atomic E-state index is 5.38. The molecule has 1 N–H and O–H groups in total. The molecular formula is C17H15BrN2O. The number of para-hydroxylation sites is 1. The molecule has 4 heteroatoms. The molecule has 0 saturated heterocycles. The molecule has 21 heavy (non-hydrogen) atoms. The third kappa shape index (κ3) is 3.16. The Morgan fingerprint density at radius 2 is 2.00 bits per heavy atom. The monoisotopic (exact) mass is 342 g/mol. The van der Waals surface area contributed by atoms with E-state index >= 15 is 0 Å². The minimum atomic E-state index is 0.683. The quantitative estimate of drug-likeness (QED) is 0.751. The van der Waals surface area contributed by atoms with E-state index in [1.165, 1.54) is 0 Å². The zero-order chi connectivity index (χ0) is 14.7. The number of rotatable bonds is 4. The second-order valence-corrected chi connectivity index (χ2v) is 5.64. The highest BCUT2D eigenvalue weighted by atomic mass is 79.9. The molecule has 3 nitrogen and oxygen atoms in total. The van der Waals surface area contributed by atoms with Crippen molar-refractivity contribution in [2.24, 2.45) is 0 Å². The molecule has 0 radical (unpaired) electrons. The molecule has 3 aromatic rings. The second kappa shape index (κ2) is 6.14. The summed E-state index contributed by atoms with van der Waals surface area (Å²) in [6.07, 6.45) is 1.85. The van der Waals surface area contributed by atoms with Gasteiger partial charge >= 0.3 is 0 Å². The van der Waals surface area contributed by atoms with Crippen molar-refractivity contribution in [1.82, 2.24) is 4.98 Å². The summed E-state index contributed by atoms with van der Waals surface area (Å²) in [5, 5.41) is 4.52. The van der Waals surface area contributed by atoms with Gasteiger partial charge in [-0.1, -0.05) is 34.1 Å². The van der Waals surface area contributed by atoms with Crippen LogP contribution in [0.1, 0.15) is 5.56 Å². The van der Waals surface area contributed by atoms with Gasteiger partial charge in [-0.3, -0.25) is 4.98 Å². The number of ether oxygens (including phenoxy) is 1. The van der Waals surface area contributed by atoms with Crippen LogP contribution in [0.15, 0.2) is 59.2 Å². The molecule has 2 aromatic carbocycles. The summed E-state index contributed by atoms with van der Waals surface area (Å²) in [5.74, 6) is 0.874. The smallest absolute Gasteiger partial charge is 0.123 e. The van der Waals surface area contributed by atoms with E-state index in [1.54, 1.807) is 7.11 Å². The van der Waals surface area contributed by atoms with E-state index in [1.807, 2.05) is 36.5 Å². The van der Waals surface area contributed by atoms with Crippen LogP contribution in [0, 0.1) is 0 Å². The van der Waals surface area contributed by atoms with Crippen molar-refractivity contribution in [3.8, 4) is 5.75 Å². The third-order valence-corrected chi connectivity index (χ3v) is 3.81. The third-order valence-electron chi connectivity index (χ3n) is 3.32. The molecular weight excluding hydrogens is 328 g/mol. The Labute approximate surface area is 132 Å². The van der Waals surface area contributed by atoms with E-state index in [0.717, 1.165) is 32.4 Å². The highest BCUT2D eigenvalue weighted by molar-refractivity contribution is 9.10. The maximum Gasteiger partial charge on any atom is 0.123 e. The number of hydrogen-bond acceptors (Lipinski definition) is 3. The average Bonchev–Trinajstić information content (AvgIpc) is 2.53. The highest BCUT2D eigenvalue weighted by Crippen LogP contribution is 2.24. The summed E-state index contributed by atoms with van der Waals surface area (Å²) in [5.41, 5.74) is 3.10. The molecule has 1 aromatic heterocycles. The Morgan fingerprint density at radius 1 is 1.14 bits per heavy atom. The summed E-state index contributed by atoms with van der Waals surface area (Å²) < 4.78 is 6.42. The van der Waals surface area contributed by atoms with Crippen molar-refractivity contribution < 1.29 is 4.74 Å². The molecule has 0 saturated carbocycles. The highest BCUT2D eigenvalue weighted by Gasteiger charge is 2.04. The van der Waals surface area contributed by atoms with Gasteiger partial charge < -0.3 is 10.1 Å². The molecule has 106 valence electrons. The van der Waals surface area contributed by atoms with Gasteiger partial charge in [-0.05, 0) is 30.3 Å². The maximum atomic E-state index is 5.38. The molecule has 0 spiro atoms. The topological polar surface area (TPSA) is 34.1 Å². The van der Waals surface area contributed by atoms with Gasteiger partial charge in [0, 0.05) is 22.0 Å². The van der Waals surface area contributed by atoms with E-state index in [-0.39, 0.29) is 0 Å². The molecule has 0 bridgehead atoms. The normalized spacial score (nSPS) is 10.6. The van der Waals surface area contributed by atoms with E-state index in [0.29, 0.717) is 6.54 Å². The predicted octanol–water partition coefficient (Wildman–Crippen LogP) is 4.62. The number of benzene rings is 2. The summed E-state index contributed by atoms with van der Waals surface area (Å²) in [6, 6.07) is 16.2. The van der Waals surface area contributed by atoms with Crippen molar-refractivity contribution in [2.45, 2.75) is 6.54 Å². The van der Waals surface area contributed by atoms with Gasteiger partial charge in [0.25, 0.3) is 0 Å². The summed E-state index contributed by atoms with van der Waals surface area (Å²) in [4.78, 5) is 4.45. The summed E-state index contributed by atoms with van der Waals surface area (Å²) >= 11 is 3.49. The van der Waals surface area contributed by atoms with Crippen LogP contribution in [0.3, 0.4) is 0 Å². The number of hydrogen-bond donors (Lipinski definition) is 1. The standard InChI is InChI=1S/C17H15BrN2O/c1-21-17-7-6-14(18)8-13(17)10-19-15-9-12-4-2-3-5-16(12)20-11-15/h2-9,11,19H,10H2,1H3. The molecule has 0 unspecified atom stereocenters. The van der Waals surface area contributed by atoms with Gasteiger partial charge in [-0.2, -0.15) is 0 Å². The van der Waals surface area contributed by atoms with Crippen LogP contribution in [-0.4, -0.2) is 12.1 Å². The number of methoxy groups -OCH3 is 1. The van der Waals surface area contributed by atoms with Gasteiger partial charge in [0.2, 0.25) is 0 Å². The fourth-order valence-electron chi connectivity index (χ4n) is 2.25. The van der Waals surface area contributed by atoms with Gasteiger partial charge in [-0.15, -0.1) is 0 Å². The van der Waals surface area contributed by atoms with Gasteiger partial charge in [0.1, 0.15) is 5.75 Å². The second-order valence-electron chi connectivity index (χ2n) is 4.73. The Hall–Kier alpha value is -2.07. The van der Waals surface area contributed by atoms with Crippen molar-refractivity contribution >= 4 is 32.5 Å². The van der Waals surface area contributed by atoms with Crippen LogP contribution < -0.4 is 10.1 Å². The van der Waals surface area contributed by atoms with Crippen molar-refractivity contribution in [3.05, 3.63) is 64.8 Å². The largest absolute Gasteiger partial charge is 0.496 e. The lowest BCUT2D eigenvalue weighted by Crippen LogP contribution is -2.02. The average molecular weight is 343 g/mol. The lowest BCUT2D eigenvalue weighted by atomic mass is 10.2. The van der Waals surface area contributed by atoms with Crippen LogP contribution in [0.5, 0.6) is 5.75 Å². The van der Waals surface area contributed by atoms with E-state index in [2.05, 4.69) is 44.4 Å². The number of anilines is 1. The van der Waals surface area contributed by atoms with Gasteiger partial charge in [-0.25, -0.2) is 0 Å². The minimum Gasteiger partial charge on any atom is -0.496 e. The first kappa shape index (κ1) is 13.9. The zero-order valence-electron chi connectivity index (χ0n) is 11.6. The molecule has 3 rings (SSSR count). The summed E-state index contributed by atoms with van der Waals surface area (Å²) in [7, 11) is 1.68. The minimum absolute atomic E-state index is 0.683. The predicted molar refractivity (Wildman–Crippen MR) is 89.8 cm³/mol. The van der Waals surface area contributed by atoms with Crippen molar-refractivity contribution in [3.63, 3.8) is 0 Å². The lowest BCUT2D eigenvalue weighted by Gasteiger charge is -2.11. The van der Waals surface area contributed by atoms with E-state index in [4.69, 9.17) is 4.74 Å². The number of halogens is 1. The van der Waals surface area contributed by atoms with Crippen LogP contribution in [0.2, 0.25) is 0 Å². The first-order valence-electron chi connectivity index (χ1n) is 6.67. The molecule has 0 aliphatic rings. The SMILES string of the molecule is COc1ccc(Br)cc1CNc1cnc2ccccc2c1. The van der Waals surface area contributed by atoms with Crippen LogP contribution >= 0.6 is 15.9 Å². The van der Waals surface area contributed by atoms with Gasteiger partial charge in [0.15, 0.2) is 0 Å². The summed E-state index contributed by atoms with van der Waals surface area (Å²) in [6.45, 7) is 0.683. The van der Waals surface area contributed by atoms with Crippen LogP contribution in [0.25, 0.3) is 10.9 Å². The van der Waals surface area contributed by atoms with Gasteiger partial charge in [0.05, 0.1) is 24.5 Å². The molecule has 0 fully saturated rings. The first-order valence-corrected chi connectivity index (χ1v) is 7.46. The number of nitrogens with zero attached hydrogens (tertiary/aromatic N) is 1. The molecule has 0 amide bonds. The van der Waals surface area contributed by atoms with Crippen LogP contribution in [-0.2, 0) is 6.54 Å². The first-order chi connectivity index (χ1) is 10.3. The van der Waals surface area contributed by atoms with E-state index in [9.17, 15) is 0 Å². The lowest BCUT2D eigenvalue weighted by molar-refractivity contribution is 0.410. The number of aromatic nitrogens is 1. The van der Waals surface area contributed by atoms with Crippen molar-refractivity contribution in [1.29, 1.82) is 0 Å².